The Labute approximate surface area is 106 Å². The maximum Gasteiger partial charge on any atom is 0.224 e. The average Bonchev–Trinajstić information content (AvgIpc) is 2.74. The maximum absolute atomic E-state index is 5.76. The van der Waals surface area contributed by atoms with Crippen molar-refractivity contribution in [2.75, 3.05) is 23.7 Å². The highest BCUT2D eigenvalue weighted by molar-refractivity contribution is 5.84. The zero-order chi connectivity index (χ0) is 12.7. The molecule has 0 bridgehead atoms. The van der Waals surface area contributed by atoms with Gasteiger partial charge in [-0.05, 0) is 18.3 Å². The summed E-state index contributed by atoms with van der Waals surface area (Å²) < 4.78 is 0. The van der Waals surface area contributed by atoms with Gasteiger partial charge in [0.2, 0.25) is 5.95 Å². The molecule has 3 N–H and O–H groups in total. The topological polar surface area (TPSA) is 83.7 Å². The van der Waals surface area contributed by atoms with E-state index in [-0.39, 0.29) is 5.95 Å². The third-order valence-electron chi connectivity index (χ3n) is 3.45. The largest absolute Gasteiger partial charge is 0.368 e. The Balaban J connectivity index is 2.05. The van der Waals surface area contributed by atoms with Crippen LogP contribution in [0.5, 0.6) is 0 Å². The van der Waals surface area contributed by atoms with Crippen LogP contribution in [0.4, 0.5) is 11.8 Å². The second kappa shape index (κ2) is 4.12. The molecule has 1 aliphatic rings. The number of nitrogens with zero attached hydrogens (tertiary/aromatic N) is 4. The van der Waals surface area contributed by atoms with Gasteiger partial charge in [-0.25, -0.2) is 4.98 Å². The number of nitrogen functional groups attached to an aromatic ring is 1. The summed E-state index contributed by atoms with van der Waals surface area (Å²) in [4.78, 5) is 18.1. The van der Waals surface area contributed by atoms with Crippen LogP contribution in [0.3, 0.4) is 0 Å². The van der Waals surface area contributed by atoms with Crippen LogP contribution in [0.25, 0.3) is 11.2 Å². The first kappa shape index (κ1) is 11.3. The Bertz CT molecular complexity index is 553. The van der Waals surface area contributed by atoms with E-state index in [1.165, 1.54) is 6.42 Å². The van der Waals surface area contributed by atoms with Gasteiger partial charge in [0.15, 0.2) is 11.5 Å². The number of hydrogen-bond donors (Lipinski definition) is 2. The van der Waals surface area contributed by atoms with E-state index in [2.05, 4.69) is 38.7 Å². The molecule has 1 aliphatic heterocycles. The normalized spacial score (nSPS) is 24.7. The van der Waals surface area contributed by atoms with Crippen LogP contribution in [-0.4, -0.2) is 33.0 Å². The van der Waals surface area contributed by atoms with E-state index in [4.69, 9.17) is 5.73 Å². The zero-order valence-electron chi connectivity index (χ0n) is 10.7. The number of aromatic amines is 1. The number of nitrogens with two attached hydrogens (primary N) is 1. The summed E-state index contributed by atoms with van der Waals surface area (Å²) in [6.07, 6.45) is 2.91. The first-order valence-electron chi connectivity index (χ1n) is 6.35. The van der Waals surface area contributed by atoms with Crippen molar-refractivity contribution in [3.05, 3.63) is 6.33 Å². The minimum absolute atomic E-state index is 0.287. The monoisotopic (exact) mass is 246 g/mol. The fourth-order valence-electron chi connectivity index (χ4n) is 2.90. The van der Waals surface area contributed by atoms with Crippen molar-refractivity contribution in [3.63, 3.8) is 0 Å². The number of aromatic nitrogens is 4. The molecule has 6 heteroatoms. The van der Waals surface area contributed by atoms with Gasteiger partial charge in [-0.15, -0.1) is 0 Å². The summed E-state index contributed by atoms with van der Waals surface area (Å²) in [6.45, 7) is 6.57. The molecule has 0 radical (unpaired) electrons. The molecule has 3 heterocycles. The van der Waals surface area contributed by atoms with Gasteiger partial charge in [-0.3, -0.25) is 0 Å². The summed E-state index contributed by atoms with van der Waals surface area (Å²) in [7, 11) is 0. The first-order chi connectivity index (χ1) is 8.63. The van der Waals surface area contributed by atoms with E-state index in [1.54, 1.807) is 6.33 Å². The lowest BCUT2D eigenvalue weighted by molar-refractivity contribution is 0.356. The van der Waals surface area contributed by atoms with Crippen molar-refractivity contribution in [3.8, 4) is 0 Å². The molecule has 0 saturated carbocycles. The van der Waals surface area contributed by atoms with E-state index < -0.39 is 0 Å². The highest BCUT2D eigenvalue weighted by Gasteiger charge is 2.25. The van der Waals surface area contributed by atoms with Crippen molar-refractivity contribution >= 4 is 22.9 Å². The molecule has 0 spiro atoms. The van der Waals surface area contributed by atoms with Gasteiger partial charge < -0.3 is 15.6 Å². The van der Waals surface area contributed by atoms with Gasteiger partial charge in [0, 0.05) is 13.1 Å². The molecular weight excluding hydrogens is 228 g/mol. The summed E-state index contributed by atoms with van der Waals surface area (Å²) >= 11 is 0. The summed E-state index contributed by atoms with van der Waals surface area (Å²) in [5.74, 6) is 2.51. The SMILES string of the molecule is CC1CC(C)CN(c2nc(N)nc3nc[nH]c23)C1. The fourth-order valence-corrected chi connectivity index (χ4v) is 2.90. The standard InChI is InChI=1S/C12H18N6/c1-7-3-8(2)5-18(4-7)11-9-10(15-6-14-9)16-12(13)17-11/h6-8H,3-5H2,1-2H3,(H3,13,14,15,16,17). The van der Waals surface area contributed by atoms with Crippen molar-refractivity contribution in [1.29, 1.82) is 0 Å². The molecular formula is C12H18N6. The highest BCUT2D eigenvalue weighted by atomic mass is 15.2. The minimum Gasteiger partial charge on any atom is -0.368 e. The Morgan fingerprint density at radius 1 is 1.28 bits per heavy atom. The third kappa shape index (κ3) is 1.87. The molecule has 1 fully saturated rings. The van der Waals surface area contributed by atoms with Crippen LogP contribution < -0.4 is 10.6 Å². The number of anilines is 2. The molecule has 0 amide bonds. The lowest BCUT2D eigenvalue weighted by atomic mass is 9.92. The smallest absolute Gasteiger partial charge is 0.224 e. The quantitative estimate of drug-likeness (QED) is 0.795. The molecule has 18 heavy (non-hydrogen) atoms. The number of fused-ring (bicyclic) bond motifs is 1. The Kier molecular flexibility index (Phi) is 2.57. The predicted molar refractivity (Wildman–Crippen MR) is 71.3 cm³/mol. The molecule has 6 nitrogen and oxygen atoms in total. The van der Waals surface area contributed by atoms with Gasteiger partial charge in [0.25, 0.3) is 0 Å². The Hall–Kier alpha value is -1.85. The van der Waals surface area contributed by atoms with Crippen LogP contribution in [0.2, 0.25) is 0 Å². The fraction of sp³-hybridized carbons (Fsp3) is 0.583. The first-order valence-corrected chi connectivity index (χ1v) is 6.35. The van der Waals surface area contributed by atoms with Crippen molar-refractivity contribution in [1.82, 2.24) is 19.9 Å². The van der Waals surface area contributed by atoms with Crippen LogP contribution in [-0.2, 0) is 0 Å². The summed E-state index contributed by atoms with van der Waals surface area (Å²) in [5.41, 5.74) is 7.28. The predicted octanol–water partition coefficient (Wildman–Crippen LogP) is 1.42. The highest BCUT2D eigenvalue weighted by Crippen LogP contribution is 2.28. The minimum atomic E-state index is 0.287. The molecule has 2 aromatic heterocycles. The molecule has 2 aromatic rings. The molecule has 96 valence electrons. The van der Waals surface area contributed by atoms with Gasteiger partial charge in [0.1, 0.15) is 5.52 Å². The van der Waals surface area contributed by atoms with Crippen LogP contribution in [0.1, 0.15) is 20.3 Å². The number of hydrogen-bond acceptors (Lipinski definition) is 5. The summed E-state index contributed by atoms with van der Waals surface area (Å²) in [5, 5.41) is 0. The second-order valence-corrected chi connectivity index (χ2v) is 5.36. The van der Waals surface area contributed by atoms with E-state index >= 15 is 0 Å². The zero-order valence-corrected chi connectivity index (χ0v) is 10.7. The molecule has 0 aliphatic carbocycles. The van der Waals surface area contributed by atoms with Crippen LogP contribution >= 0.6 is 0 Å². The van der Waals surface area contributed by atoms with Gasteiger partial charge in [-0.2, -0.15) is 9.97 Å². The summed E-state index contributed by atoms with van der Waals surface area (Å²) in [6, 6.07) is 0. The van der Waals surface area contributed by atoms with Gasteiger partial charge in [-0.1, -0.05) is 13.8 Å². The molecule has 1 saturated heterocycles. The molecule has 2 unspecified atom stereocenters. The number of nitrogens with one attached hydrogen (secondary N) is 1. The van der Waals surface area contributed by atoms with E-state index in [9.17, 15) is 0 Å². The lowest BCUT2D eigenvalue weighted by Crippen LogP contribution is -2.39. The molecule has 0 aromatic carbocycles. The van der Waals surface area contributed by atoms with Gasteiger partial charge >= 0.3 is 0 Å². The maximum atomic E-state index is 5.76. The van der Waals surface area contributed by atoms with Crippen LogP contribution in [0.15, 0.2) is 6.33 Å². The van der Waals surface area contributed by atoms with Crippen molar-refractivity contribution in [2.45, 2.75) is 20.3 Å². The number of piperidine rings is 1. The lowest BCUT2D eigenvalue weighted by Gasteiger charge is -2.35. The average molecular weight is 246 g/mol. The molecule has 3 rings (SSSR count). The Morgan fingerprint density at radius 2 is 2.00 bits per heavy atom. The van der Waals surface area contributed by atoms with E-state index in [1.807, 2.05) is 0 Å². The number of H-pyrrole nitrogens is 1. The van der Waals surface area contributed by atoms with Crippen LogP contribution in [0, 0.1) is 11.8 Å². The number of imidazole rings is 1. The molecule has 2 atom stereocenters. The van der Waals surface area contributed by atoms with Crippen molar-refractivity contribution in [2.24, 2.45) is 11.8 Å². The van der Waals surface area contributed by atoms with Gasteiger partial charge in [0.05, 0.1) is 6.33 Å². The Morgan fingerprint density at radius 3 is 2.72 bits per heavy atom. The third-order valence-corrected chi connectivity index (χ3v) is 3.45. The second-order valence-electron chi connectivity index (χ2n) is 5.36. The van der Waals surface area contributed by atoms with E-state index in [0.29, 0.717) is 17.5 Å². The number of rotatable bonds is 1. The van der Waals surface area contributed by atoms with Crippen molar-refractivity contribution < 1.29 is 0 Å². The van der Waals surface area contributed by atoms with E-state index in [0.717, 1.165) is 24.4 Å².